The van der Waals surface area contributed by atoms with Gasteiger partial charge in [0, 0.05) is 13.1 Å². The molecule has 1 aliphatic rings. The topological polar surface area (TPSA) is 30.9 Å². The molecule has 19 heavy (non-hydrogen) atoms. The van der Waals surface area contributed by atoms with Crippen molar-refractivity contribution in [3.05, 3.63) is 23.8 Å². The summed E-state index contributed by atoms with van der Waals surface area (Å²) in [7, 11) is 2.10. The van der Waals surface area contributed by atoms with E-state index < -0.39 is 0 Å². The smallest absolute Gasteiger partial charge is 0.161 e. The third-order valence-corrected chi connectivity index (χ3v) is 2.98. The minimum absolute atomic E-state index is 0.294. The quantitative estimate of drug-likeness (QED) is 0.790. The zero-order valence-electron chi connectivity index (χ0n) is 12.0. The van der Waals surface area contributed by atoms with E-state index in [0.29, 0.717) is 19.3 Å². The van der Waals surface area contributed by atoms with Crippen LogP contribution in [-0.4, -0.2) is 44.4 Å². The number of ether oxygens (including phenoxy) is 3. The Morgan fingerprint density at radius 1 is 1.21 bits per heavy atom. The van der Waals surface area contributed by atoms with Crippen LogP contribution in [0.5, 0.6) is 11.5 Å². The minimum atomic E-state index is 0.294. The van der Waals surface area contributed by atoms with Gasteiger partial charge in [0.05, 0.1) is 12.7 Å². The molecule has 0 spiro atoms. The first-order valence-corrected chi connectivity index (χ1v) is 6.84. The zero-order chi connectivity index (χ0) is 13.7. The maximum atomic E-state index is 5.59. The number of nitrogens with zero attached hydrogens (tertiary/aromatic N) is 1. The molecule has 0 bridgehead atoms. The zero-order valence-corrected chi connectivity index (χ0v) is 12.0. The second-order valence-electron chi connectivity index (χ2n) is 5.14. The van der Waals surface area contributed by atoms with E-state index in [0.717, 1.165) is 31.2 Å². The van der Waals surface area contributed by atoms with Crippen molar-refractivity contribution in [1.82, 2.24) is 4.90 Å². The maximum absolute atomic E-state index is 5.59. The molecule has 4 nitrogen and oxygen atoms in total. The van der Waals surface area contributed by atoms with Crippen LogP contribution in [0.15, 0.2) is 18.2 Å². The van der Waals surface area contributed by atoms with Gasteiger partial charge >= 0.3 is 0 Å². The second-order valence-corrected chi connectivity index (χ2v) is 5.14. The molecule has 0 saturated heterocycles. The van der Waals surface area contributed by atoms with Gasteiger partial charge in [-0.15, -0.1) is 0 Å². The van der Waals surface area contributed by atoms with E-state index in [1.54, 1.807) is 0 Å². The van der Waals surface area contributed by atoms with Crippen molar-refractivity contribution < 1.29 is 14.2 Å². The predicted molar refractivity (Wildman–Crippen MR) is 74.9 cm³/mol. The Morgan fingerprint density at radius 2 is 1.95 bits per heavy atom. The van der Waals surface area contributed by atoms with Gasteiger partial charge in [0.15, 0.2) is 11.5 Å². The summed E-state index contributed by atoms with van der Waals surface area (Å²) in [5, 5.41) is 0. The van der Waals surface area contributed by atoms with E-state index in [9.17, 15) is 0 Å². The lowest BCUT2D eigenvalue weighted by atomic mass is 10.2. The monoisotopic (exact) mass is 265 g/mol. The van der Waals surface area contributed by atoms with E-state index in [4.69, 9.17) is 14.2 Å². The maximum Gasteiger partial charge on any atom is 0.161 e. The standard InChI is InChI=1S/C15H23NO3/c1-12(2)17-7-6-16(3)11-13-4-5-14-15(10-13)19-9-8-18-14/h4-5,10,12H,6-9,11H2,1-3H3. The number of rotatable bonds is 6. The lowest BCUT2D eigenvalue weighted by Crippen LogP contribution is -2.24. The number of likely N-dealkylation sites (N-methyl/N-ethyl adjacent to an activating group) is 1. The number of hydrogen-bond donors (Lipinski definition) is 0. The summed E-state index contributed by atoms with van der Waals surface area (Å²) in [4.78, 5) is 2.24. The van der Waals surface area contributed by atoms with Gasteiger partial charge in [-0.3, -0.25) is 4.90 Å². The van der Waals surface area contributed by atoms with Crippen LogP contribution in [-0.2, 0) is 11.3 Å². The second kappa shape index (κ2) is 6.78. The molecule has 4 heteroatoms. The van der Waals surface area contributed by atoms with Crippen LogP contribution in [0, 0.1) is 0 Å². The van der Waals surface area contributed by atoms with Crippen molar-refractivity contribution in [3.8, 4) is 11.5 Å². The molecule has 0 unspecified atom stereocenters. The molecule has 0 aromatic heterocycles. The molecule has 2 rings (SSSR count). The average Bonchev–Trinajstić information content (AvgIpc) is 2.38. The average molecular weight is 265 g/mol. The van der Waals surface area contributed by atoms with E-state index >= 15 is 0 Å². The van der Waals surface area contributed by atoms with E-state index in [-0.39, 0.29) is 0 Å². The fourth-order valence-electron chi connectivity index (χ4n) is 2.02. The number of fused-ring (bicyclic) bond motifs is 1. The molecular weight excluding hydrogens is 242 g/mol. The summed E-state index contributed by atoms with van der Waals surface area (Å²) < 4.78 is 16.7. The molecule has 0 radical (unpaired) electrons. The van der Waals surface area contributed by atoms with Crippen molar-refractivity contribution in [3.63, 3.8) is 0 Å². The van der Waals surface area contributed by atoms with Crippen LogP contribution in [0.2, 0.25) is 0 Å². The van der Waals surface area contributed by atoms with Crippen molar-refractivity contribution in [2.45, 2.75) is 26.5 Å². The first-order chi connectivity index (χ1) is 9.15. The summed E-state index contributed by atoms with van der Waals surface area (Å²) in [5.41, 5.74) is 1.23. The highest BCUT2D eigenvalue weighted by atomic mass is 16.6. The van der Waals surface area contributed by atoms with Crippen LogP contribution >= 0.6 is 0 Å². The summed E-state index contributed by atoms with van der Waals surface area (Å²) in [6, 6.07) is 6.14. The third kappa shape index (κ3) is 4.40. The van der Waals surface area contributed by atoms with E-state index in [2.05, 4.69) is 37.9 Å². The van der Waals surface area contributed by atoms with Crippen molar-refractivity contribution in [2.75, 3.05) is 33.4 Å². The lowest BCUT2D eigenvalue weighted by molar-refractivity contribution is 0.0627. The van der Waals surface area contributed by atoms with Gasteiger partial charge in [-0.1, -0.05) is 6.07 Å². The Hall–Kier alpha value is -1.26. The highest BCUT2D eigenvalue weighted by Gasteiger charge is 2.12. The Morgan fingerprint density at radius 3 is 2.68 bits per heavy atom. The first-order valence-electron chi connectivity index (χ1n) is 6.84. The van der Waals surface area contributed by atoms with Crippen molar-refractivity contribution in [1.29, 1.82) is 0 Å². The fraction of sp³-hybridized carbons (Fsp3) is 0.600. The molecule has 0 aliphatic carbocycles. The largest absolute Gasteiger partial charge is 0.486 e. The Labute approximate surface area is 115 Å². The molecule has 0 N–H and O–H groups in total. The van der Waals surface area contributed by atoms with Gasteiger partial charge in [0.2, 0.25) is 0 Å². The van der Waals surface area contributed by atoms with Crippen LogP contribution in [0.25, 0.3) is 0 Å². The van der Waals surface area contributed by atoms with Crippen molar-refractivity contribution in [2.24, 2.45) is 0 Å². The molecule has 1 aliphatic heterocycles. The Balaban J connectivity index is 1.85. The summed E-state index contributed by atoms with van der Waals surface area (Å²) >= 11 is 0. The first kappa shape index (κ1) is 14.2. The molecule has 0 fully saturated rings. The molecule has 1 heterocycles. The summed E-state index contributed by atoms with van der Waals surface area (Å²) in [6.45, 7) is 7.96. The van der Waals surface area contributed by atoms with Crippen LogP contribution in [0.3, 0.4) is 0 Å². The predicted octanol–water partition coefficient (Wildman–Crippen LogP) is 2.31. The van der Waals surface area contributed by atoms with Crippen molar-refractivity contribution >= 4 is 0 Å². The molecular formula is C15H23NO3. The van der Waals surface area contributed by atoms with E-state index in [1.165, 1.54) is 5.56 Å². The third-order valence-electron chi connectivity index (χ3n) is 2.98. The summed E-state index contributed by atoms with van der Waals surface area (Å²) in [5.74, 6) is 1.70. The minimum Gasteiger partial charge on any atom is -0.486 e. The Kier molecular flexibility index (Phi) is 5.05. The lowest BCUT2D eigenvalue weighted by Gasteiger charge is -2.21. The van der Waals surface area contributed by atoms with Crippen LogP contribution < -0.4 is 9.47 Å². The Bertz CT molecular complexity index is 406. The number of benzene rings is 1. The molecule has 0 amide bonds. The van der Waals surface area contributed by atoms with Gasteiger partial charge in [0.1, 0.15) is 13.2 Å². The van der Waals surface area contributed by atoms with Crippen LogP contribution in [0.1, 0.15) is 19.4 Å². The highest BCUT2D eigenvalue weighted by Crippen LogP contribution is 2.30. The number of hydrogen-bond acceptors (Lipinski definition) is 4. The summed E-state index contributed by atoms with van der Waals surface area (Å²) in [6.07, 6.45) is 0.294. The molecule has 106 valence electrons. The fourth-order valence-corrected chi connectivity index (χ4v) is 2.02. The molecule has 1 aromatic rings. The van der Waals surface area contributed by atoms with Gasteiger partial charge < -0.3 is 14.2 Å². The normalized spacial score (nSPS) is 14.2. The van der Waals surface area contributed by atoms with E-state index in [1.807, 2.05) is 6.07 Å². The molecule has 0 atom stereocenters. The SMILES string of the molecule is CC(C)OCCN(C)Cc1ccc2c(c1)OCCO2. The molecule has 1 aromatic carbocycles. The highest BCUT2D eigenvalue weighted by molar-refractivity contribution is 5.43. The van der Waals surface area contributed by atoms with Gasteiger partial charge in [-0.05, 0) is 38.6 Å². The molecule has 0 saturated carbocycles. The van der Waals surface area contributed by atoms with Crippen LogP contribution in [0.4, 0.5) is 0 Å². The van der Waals surface area contributed by atoms with Gasteiger partial charge in [0.25, 0.3) is 0 Å². The van der Waals surface area contributed by atoms with Gasteiger partial charge in [-0.25, -0.2) is 0 Å². The van der Waals surface area contributed by atoms with Gasteiger partial charge in [-0.2, -0.15) is 0 Å².